The van der Waals surface area contributed by atoms with Crippen molar-refractivity contribution in [3.8, 4) is 5.75 Å². The minimum atomic E-state index is -1.27. The van der Waals surface area contributed by atoms with Gasteiger partial charge in [0.15, 0.2) is 5.17 Å². The molecule has 0 unspecified atom stereocenters. The van der Waals surface area contributed by atoms with E-state index in [1.807, 2.05) is 25.1 Å². The van der Waals surface area contributed by atoms with Crippen LogP contribution in [0.5, 0.6) is 5.75 Å². The number of benzene rings is 2. The molecule has 0 radical (unpaired) electrons. The highest BCUT2D eigenvalue weighted by molar-refractivity contribution is 8.18. The summed E-state index contributed by atoms with van der Waals surface area (Å²) in [5.74, 6) is -0.644. The maximum atomic E-state index is 12.5. The Morgan fingerprint density at radius 2 is 2.04 bits per heavy atom. The first kappa shape index (κ1) is 18.7. The Hall–Kier alpha value is -3.06. The van der Waals surface area contributed by atoms with Crippen LogP contribution in [0.2, 0.25) is 0 Å². The first-order chi connectivity index (χ1) is 12.9. The van der Waals surface area contributed by atoms with Crippen LogP contribution in [-0.2, 0) is 4.79 Å². The molecular formula is C20H17N2O4S-. The molecule has 6 nitrogen and oxygen atoms in total. The van der Waals surface area contributed by atoms with E-state index in [0.29, 0.717) is 15.8 Å². The fourth-order valence-electron chi connectivity index (χ4n) is 2.61. The fraction of sp³-hybridized carbons (Fsp3) is 0.150. The average molecular weight is 381 g/mol. The highest BCUT2D eigenvalue weighted by Crippen LogP contribution is 2.33. The number of likely N-dealkylation sites (N-methyl/N-ethyl adjacent to an activating group) is 1. The summed E-state index contributed by atoms with van der Waals surface area (Å²) in [6.45, 7) is 1.94. The second-order valence-electron chi connectivity index (χ2n) is 5.94. The zero-order valence-electron chi connectivity index (χ0n) is 15.1. The molecule has 1 fully saturated rings. The third-order valence-electron chi connectivity index (χ3n) is 4.03. The molecule has 1 saturated heterocycles. The number of amidine groups is 1. The van der Waals surface area contributed by atoms with E-state index in [0.717, 1.165) is 16.9 Å². The summed E-state index contributed by atoms with van der Waals surface area (Å²) < 4.78 is 5.25. The molecule has 0 spiro atoms. The number of nitrogens with zero attached hydrogens (tertiary/aromatic N) is 2. The monoisotopic (exact) mass is 381 g/mol. The quantitative estimate of drug-likeness (QED) is 0.761. The van der Waals surface area contributed by atoms with Gasteiger partial charge in [-0.05, 0) is 65.7 Å². The Kier molecular flexibility index (Phi) is 5.32. The summed E-state index contributed by atoms with van der Waals surface area (Å²) in [4.78, 5) is 29.9. The van der Waals surface area contributed by atoms with Crippen molar-refractivity contribution in [1.29, 1.82) is 0 Å². The maximum absolute atomic E-state index is 12.5. The predicted molar refractivity (Wildman–Crippen MR) is 104 cm³/mol. The molecule has 7 heteroatoms. The third kappa shape index (κ3) is 4.03. The molecule has 138 valence electrons. The van der Waals surface area contributed by atoms with Crippen molar-refractivity contribution in [2.24, 2.45) is 4.99 Å². The van der Waals surface area contributed by atoms with E-state index in [9.17, 15) is 14.7 Å². The van der Waals surface area contributed by atoms with Gasteiger partial charge in [-0.25, -0.2) is 4.99 Å². The van der Waals surface area contributed by atoms with Crippen LogP contribution in [0.4, 0.5) is 5.69 Å². The molecule has 1 heterocycles. The van der Waals surface area contributed by atoms with E-state index < -0.39 is 5.97 Å². The zero-order chi connectivity index (χ0) is 19.6. The topological polar surface area (TPSA) is 82.0 Å². The minimum Gasteiger partial charge on any atom is -0.545 e. The van der Waals surface area contributed by atoms with E-state index >= 15 is 0 Å². The van der Waals surface area contributed by atoms with Gasteiger partial charge >= 0.3 is 0 Å². The molecule has 3 rings (SSSR count). The Labute approximate surface area is 161 Å². The van der Waals surface area contributed by atoms with Gasteiger partial charge in [0.1, 0.15) is 5.75 Å². The van der Waals surface area contributed by atoms with Gasteiger partial charge in [0.05, 0.1) is 23.7 Å². The standard InChI is InChI=1S/C20H18N2O4S/c1-12-9-13(7-8-16(12)26-3)10-17-18(23)22(2)20(27-17)21-15-6-4-5-14(11-15)19(24)25/h4-11H,1-3H3,(H,24,25)/p-1/b17-10-,21-20?. The SMILES string of the molecule is COc1ccc(/C=C2\SC(=Nc3cccc(C(=O)[O-])c3)N(C)C2=O)cc1C. The Bertz CT molecular complexity index is 982. The molecule has 1 amide bonds. The molecule has 2 aromatic carbocycles. The first-order valence-electron chi connectivity index (χ1n) is 8.11. The van der Waals surface area contributed by atoms with Crippen molar-refractivity contribution in [3.63, 3.8) is 0 Å². The highest BCUT2D eigenvalue weighted by atomic mass is 32.2. The normalized spacial score (nSPS) is 17.0. The zero-order valence-corrected chi connectivity index (χ0v) is 15.9. The van der Waals surface area contributed by atoms with Gasteiger partial charge in [0.25, 0.3) is 5.91 Å². The third-order valence-corrected chi connectivity index (χ3v) is 5.09. The number of hydrogen-bond donors (Lipinski definition) is 0. The van der Waals surface area contributed by atoms with Gasteiger partial charge in [0, 0.05) is 7.05 Å². The Balaban J connectivity index is 1.89. The molecular weight excluding hydrogens is 364 g/mol. The number of amides is 1. The molecule has 1 aliphatic heterocycles. The lowest BCUT2D eigenvalue weighted by Crippen LogP contribution is -2.23. The van der Waals surface area contributed by atoms with Gasteiger partial charge in [-0.1, -0.05) is 18.2 Å². The van der Waals surface area contributed by atoms with Crippen molar-refractivity contribution in [1.82, 2.24) is 4.90 Å². The average Bonchev–Trinajstić information content (AvgIpc) is 2.90. The van der Waals surface area contributed by atoms with Gasteiger partial charge in [-0.2, -0.15) is 0 Å². The van der Waals surface area contributed by atoms with Crippen LogP contribution in [-0.4, -0.2) is 36.1 Å². The van der Waals surface area contributed by atoms with Crippen LogP contribution in [0.15, 0.2) is 52.4 Å². The summed E-state index contributed by atoms with van der Waals surface area (Å²) in [5, 5.41) is 11.5. The molecule has 0 N–H and O–H groups in total. The van der Waals surface area contributed by atoms with Crippen molar-refractivity contribution < 1.29 is 19.4 Å². The van der Waals surface area contributed by atoms with Crippen LogP contribution in [0, 0.1) is 6.92 Å². The number of ether oxygens (including phenoxy) is 1. The smallest absolute Gasteiger partial charge is 0.266 e. The Morgan fingerprint density at radius 1 is 1.26 bits per heavy atom. The van der Waals surface area contributed by atoms with E-state index in [2.05, 4.69) is 4.99 Å². The number of methoxy groups -OCH3 is 1. The Morgan fingerprint density at radius 3 is 2.70 bits per heavy atom. The molecule has 1 aliphatic rings. The van der Waals surface area contributed by atoms with E-state index in [-0.39, 0.29) is 11.5 Å². The molecule has 0 aromatic heterocycles. The van der Waals surface area contributed by atoms with Crippen LogP contribution in [0.3, 0.4) is 0 Å². The summed E-state index contributed by atoms with van der Waals surface area (Å²) in [7, 11) is 3.25. The number of carboxylic acids is 1. The summed E-state index contributed by atoms with van der Waals surface area (Å²) in [5.41, 5.74) is 2.35. The predicted octanol–water partition coefficient (Wildman–Crippen LogP) is 2.60. The van der Waals surface area contributed by atoms with Crippen molar-refractivity contribution in [2.75, 3.05) is 14.2 Å². The number of carbonyl (C=O) groups excluding carboxylic acids is 2. The highest BCUT2D eigenvalue weighted by Gasteiger charge is 2.30. The number of thioether (sulfide) groups is 1. The van der Waals surface area contributed by atoms with Gasteiger partial charge < -0.3 is 14.6 Å². The lowest BCUT2D eigenvalue weighted by molar-refractivity contribution is -0.255. The lowest BCUT2D eigenvalue weighted by atomic mass is 10.1. The summed E-state index contributed by atoms with van der Waals surface area (Å²) in [6.07, 6.45) is 1.80. The first-order valence-corrected chi connectivity index (χ1v) is 8.93. The van der Waals surface area contributed by atoms with Gasteiger partial charge in [-0.3, -0.25) is 9.69 Å². The number of rotatable bonds is 4. The maximum Gasteiger partial charge on any atom is 0.266 e. The number of carbonyl (C=O) groups is 2. The van der Waals surface area contributed by atoms with Crippen LogP contribution in [0.25, 0.3) is 6.08 Å². The molecule has 0 atom stereocenters. The number of aryl methyl sites for hydroxylation is 1. The largest absolute Gasteiger partial charge is 0.545 e. The number of aliphatic imine (C=N–C) groups is 1. The second-order valence-corrected chi connectivity index (χ2v) is 6.95. The molecule has 0 aliphatic carbocycles. The molecule has 0 saturated carbocycles. The van der Waals surface area contributed by atoms with Crippen molar-refractivity contribution >= 4 is 40.6 Å². The van der Waals surface area contributed by atoms with Crippen LogP contribution >= 0.6 is 11.8 Å². The number of hydrogen-bond acceptors (Lipinski definition) is 6. The summed E-state index contributed by atoms with van der Waals surface area (Å²) >= 11 is 1.24. The van der Waals surface area contributed by atoms with E-state index in [1.165, 1.54) is 28.8 Å². The number of aromatic carboxylic acids is 1. The summed E-state index contributed by atoms with van der Waals surface area (Å²) in [6, 6.07) is 11.8. The van der Waals surface area contributed by atoms with E-state index in [4.69, 9.17) is 4.74 Å². The van der Waals surface area contributed by atoms with Crippen molar-refractivity contribution in [3.05, 3.63) is 64.1 Å². The van der Waals surface area contributed by atoms with E-state index in [1.54, 1.807) is 32.4 Å². The van der Waals surface area contributed by atoms with Crippen molar-refractivity contribution in [2.45, 2.75) is 6.92 Å². The minimum absolute atomic E-state index is 0.0401. The molecule has 0 bridgehead atoms. The van der Waals surface area contributed by atoms with Gasteiger partial charge in [-0.15, -0.1) is 0 Å². The van der Waals surface area contributed by atoms with Crippen LogP contribution < -0.4 is 9.84 Å². The molecule has 2 aromatic rings. The fourth-order valence-corrected chi connectivity index (χ4v) is 3.59. The molecule has 27 heavy (non-hydrogen) atoms. The lowest BCUT2D eigenvalue weighted by Gasteiger charge is -2.08. The van der Waals surface area contributed by atoms with Gasteiger partial charge in [0.2, 0.25) is 0 Å². The second kappa shape index (κ2) is 7.67. The number of carboxylic acid groups (broad SMARTS) is 1. The van der Waals surface area contributed by atoms with Crippen LogP contribution in [0.1, 0.15) is 21.5 Å².